The van der Waals surface area contributed by atoms with E-state index in [4.69, 9.17) is 4.74 Å². The zero-order chi connectivity index (χ0) is 22.0. The molecule has 5 aliphatic carbocycles. The third-order valence-electron chi connectivity index (χ3n) is 10.1. The maximum Gasteiger partial charge on any atom is 0.348 e. The summed E-state index contributed by atoms with van der Waals surface area (Å²) in [4.78, 5) is 13.2. The first-order chi connectivity index (χ1) is 14.8. The number of hydrogen-bond acceptors (Lipinski definition) is 5. The number of aliphatic hydroxyl groups is 2. The monoisotopic (exact) mass is 444 g/mol. The fourth-order valence-corrected chi connectivity index (χ4v) is 9.20. The lowest BCUT2D eigenvalue weighted by Gasteiger charge is -2.71. The zero-order valence-electron chi connectivity index (χ0n) is 18.8. The van der Waals surface area contributed by atoms with Gasteiger partial charge in [-0.15, -0.1) is 11.3 Å². The van der Waals surface area contributed by atoms with E-state index >= 15 is 0 Å². The third kappa shape index (κ3) is 2.88. The van der Waals surface area contributed by atoms with Crippen LogP contribution in [0.2, 0.25) is 0 Å². The number of carbonyl (C=O) groups is 1. The summed E-state index contributed by atoms with van der Waals surface area (Å²) >= 11 is 1.42. The highest BCUT2D eigenvalue weighted by atomic mass is 32.1. The van der Waals surface area contributed by atoms with Gasteiger partial charge in [0.15, 0.2) is 0 Å². The number of ether oxygens (including phenoxy) is 1. The molecule has 1 heterocycles. The van der Waals surface area contributed by atoms with Crippen LogP contribution in [0.3, 0.4) is 0 Å². The van der Waals surface area contributed by atoms with Crippen LogP contribution in [0.25, 0.3) is 0 Å². The molecule has 2 bridgehead atoms. The predicted octanol–water partition coefficient (Wildman–Crippen LogP) is 5.21. The minimum atomic E-state index is -0.589. The average molecular weight is 445 g/mol. The molecule has 2 unspecified atom stereocenters. The van der Waals surface area contributed by atoms with Crippen molar-refractivity contribution in [1.29, 1.82) is 0 Å². The average Bonchev–Trinajstić information content (AvgIpc) is 3.31. The van der Waals surface area contributed by atoms with Crippen LogP contribution in [0.1, 0.15) is 74.9 Å². The summed E-state index contributed by atoms with van der Waals surface area (Å²) in [5, 5.41) is 24.8. The van der Waals surface area contributed by atoms with E-state index in [-0.39, 0.29) is 16.8 Å². The molecule has 0 amide bonds. The Hall–Kier alpha value is -1.17. The van der Waals surface area contributed by atoms with E-state index in [2.05, 4.69) is 20.4 Å². The van der Waals surface area contributed by atoms with E-state index in [0.29, 0.717) is 35.7 Å². The Morgan fingerprint density at radius 1 is 1.26 bits per heavy atom. The summed E-state index contributed by atoms with van der Waals surface area (Å²) in [6, 6.07) is 3.69. The Labute approximate surface area is 189 Å². The second-order valence-corrected chi connectivity index (χ2v) is 12.0. The molecule has 1 spiro atoms. The summed E-state index contributed by atoms with van der Waals surface area (Å²) in [7, 11) is 0. The number of esters is 1. The standard InChI is InChI=1S/C26H36O4S/c1-4-25-10-6-9-24(3,15-30-23(29)18-7-5-12-31-18)19(25)14-21(27)26-11-8-17(13-20(25)26)16(2)22(26)28/h5,7,12,17,19-22,27-28H,2,4,6,8-11,13-15H2,1,3H3/t17-,19?,20?,21+,22-,24-,25+,26+/m0/s1. The molecule has 5 aliphatic rings. The van der Waals surface area contributed by atoms with Crippen molar-refractivity contribution in [3.63, 3.8) is 0 Å². The molecular formula is C26H36O4S. The Balaban J connectivity index is 1.47. The van der Waals surface area contributed by atoms with Gasteiger partial charge in [-0.25, -0.2) is 4.79 Å². The molecule has 5 saturated carbocycles. The quantitative estimate of drug-likeness (QED) is 0.494. The number of fused-ring (bicyclic) bond motifs is 3. The lowest BCUT2D eigenvalue weighted by Crippen LogP contribution is -2.70. The molecule has 1 aromatic rings. The van der Waals surface area contributed by atoms with E-state index in [1.165, 1.54) is 11.3 Å². The van der Waals surface area contributed by atoms with Crippen LogP contribution in [0.5, 0.6) is 0 Å². The van der Waals surface area contributed by atoms with E-state index in [0.717, 1.165) is 50.5 Å². The highest BCUT2D eigenvalue weighted by Crippen LogP contribution is 2.73. The van der Waals surface area contributed by atoms with E-state index in [1.54, 1.807) is 0 Å². The van der Waals surface area contributed by atoms with Gasteiger partial charge in [0.25, 0.3) is 0 Å². The largest absolute Gasteiger partial charge is 0.461 e. The first-order valence-electron chi connectivity index (χ1n) is 12.0. The Kier molecular flexibility index (Phi) is 5.19. The summed E-state index contributed by atoms with van der Waals surface area (Å²) in [6.07, 6.45) is 6.89. The maximum absolute atomic E-state index is 12.6. The molecule has 31 heavy (non-hydrogen) atoms. The molecule has 1 aromatic heterocycles. The summed E-state index contributed by atoms with van der Waals surface area (Å²) in [6.45, 7) is 9.20. The Morgan fingerprint density at radius 2 is 2.06 bits per heavy atom. The zero-order valence-corrected chi connectivity index (χ0v) is 19.6. The van der Waals surface area contributed by atoms with Gasteiger partial charge >= 0.3 is 5.97 Å². The fourth-order valence-electron chi connectivity index (χ4n) is 8.59. The van der Waals surface area contributed by atoms with Crippen LogP contribution in [0, 0.1) is 34.0 Å². The Morgan fingerprint density at radius 3 is 2.77 bits per heavy atom. The topological polar surface area (TPSA) is 66.8 Å². The van der Waals surface area contributed by atoms with Gasteiger partial charge in [-0.05, 0) is 85.1 Å². The van der Waals surface area contributed by atoms with Gasteiger partial charge in [-0.2, -0.15) is 0 Å². The second-order valence-electron chi connectivity index (χ2n) is 11.1. The highest BCUT2D eigenvalue weighted by molar-refractivity contribution is 7.11. The summed E-state index contributed by atoms with van der Waals surface area (Å²) in [5.74, 6) is 0.743. The van der Waals surface area contributed by atoms with Crippen LogP contribution in [-0.2, 0) is 4.74 Å². The van der Waals surface area contributed by atoms with Crippen LogP contribution in [0.4, 0.5) is 0 Å². The lowest BCUT2D eigenvalue weighted by atomic mass is 9.34. The van der Waals surface area contributed by atoms with Gasteiger partial charge in [0.2, 0.25) is 0 Å². The Bertz CT molecular complexity index is 865. The molecule has 170 valence electrons. The normalized spacial score (nSPS) is 46.3. The van der Waals surface area contributed by atoms with Crippen molar-refractivity contribution in [3.05, 3.63) is 34.5 Å². The number of aliphatic hydroxyl groups excluding tert-OH is 2. The third-order valence-corrected chi connectivity index (χ3v) is 10.9. The SMILES string of the molecule is C=C1[C@H]2CC[C@]3(C(C2)[C@]2(CC)CCC[C@@](C)(COC(=O)c4cccs4)C2C[C@H]3O)[C@H]1O. The maximum atomic E-state index is 12.6. The second kappa shape index (κ2) is 7.43. The van der Waals surface area contributed by atoms with Crippen molar-refractivity contribution in [2.75, 3.05) is 6.61 Å². The lowest BCUT2D eigenvalue weighted by molar-refractivity contribution is -0.259. The van der Waals surface area contributed by atoms with Gasteiger partial charge in [-0.3, -0.25) is 0 Å². The highest BCUT2D eigenvalue weighted by Gasteiger charge is 2.70. The molecular weight excluding hydrogens is 408 g/mol. The first-order valence-corrected chi connectivity index (χ1v) is 12.9. The van der Waals surface area contributed by atoms with Crippen molar-refractivity contribution in [2.24, 2.45) is 34.0 Å². The molecule has 8 atom stereocenters. The van der Waals surface area contributed by atoms with Gasteiger partial charge in [0, 0.05) is 10.8 Å². The van der Waals surface area contributed by atoms with Gasteiger partial charge in [0.1, 0.15) is 4.88 Å². The van der Waals surface area contributed by atoms with Crippen molar-refractivity contribution >= 4 is 17.3 Å². The van der Waals surface area contributed by atoms with Crippen molar-refractivity contribution in [3.8, 4) is 0 Å². The van der Waals surface area contributed by atoms with Crippen LogP contribution >= 0.6 is 11.3 Å². The van der Waals surface area contributed by atoms with E-state index in [1.807, 2.05) is 17.5 Å². The predicted molar refractivity (Wildman–Crippen MR) is 122 cm³/mol. The van der Waals surface area contributed by atoms with Gasteiger partial charge < -0.3 is 14.9 Å². The molecule has 5 heteroatoms. The molecule has 6 rings (SSSR count). The molecule has 0 aromatic carbocycles. The van der Waals surface area contributed by atoms with E-state index in [9.17, 15) is 15.0 Å². The van der Waals surface area contributed by atoms with Crippen LogP contribution in [0.15, 0.2) is 29.7 Å². The minimum absolute atomic E-state index is 0.0852. The van der Waals surface area contributed by atoms with Crippen molar-refractivity contribution in [1.82, 2.24) is 0 Å². The van der Waals surface area contributed by atoms with Crippen molar-refractivity contribution in [2.45, 2.75) is 77.4 Å². The number of thiophene rings is 1. The number of rotatable bonds is 4. The molecule has 2 N–H and O–H groups in total. The minimum Gasteiger partial charge on any atom is -0.461 e. The van der Waals surface area contributed by atoms with Gasteiger partial charge in [0.05, 0.1) is 18.8 Å². The summed E-state index contributed by atoms with van der Waals surface area (Å²) in [5.41, 5.74) is 0.448. The molecule has 5 fully saturated rings. The smallest absolute Gasteiger partial charge is 0.348 e. The first kappa shape index (κ1) is 21.7. The fraction of sp³-hybridized carbons (Fsp3) is 0.731. The summed E-state index contributed by atoms with van der Waals surface area (Å²) < 4.78 is 5.86. The van der Waals surface area contributed by atoms with Crippen molar-refractivity contribution < 1.29 is 19.7 Å². The molecule has 0 radical (unpaired) electrons. The molecule has 0 saturated heterocycles. The number of carbonyl (C=O) groups excluding carboxylic acids is 1. The molecule has 0 aliphatic heterocycles. The molecule has 4 nitrogen and oxygen atoms in total. The van der Waals surface area contributed by atoms with Crippen LogP contribution < -0.4 is 0 Å². The van der Waals surface area contributed by atoms with Gasteiger partial charge in [-0.1, -0.05) is 32.9 Å². The number of hydrogen-bond donors (Lipinski definition) is 2. The van der Waals surface area contributed by atoms with Crippen LogP contribution in [-0.4, -0.2) is 35.0 Å². The van der Waals surface area contributed by atoms with E-state index < -0.39 is 17.6 Å².